The van der Waals surface area contributed by atoms with Crippen molar-refractivity contribution >= 4 is 34.4 Å². The smallest absolute Gasteiger partial charge is 0.261 e. The van der Waals surface area contributed by atoms with E-state index in [2.05, 4.69) is 9.97 Å². The molecule has 0 saturated heterocycles. The van der Waals surface area contributed by atoms with Gasteiger partial charge < -0.3 is 4.98 Å². The molecule has 29 heavy (non-hydrogen) atoms. The van der Waals surface area contributed by atoms with Crippen LogP contribution in [0, 0.1) is 0 Å². The van der Waals surface area contributed by atoms with E-state index in [1.807, 2.05) is 42.5 Å². The number of imidazole rings is 1. The molecule has 5 rings (SSSR count). The van der Waals surface area contributed by atoms with Crippen LogP contribution in [0.5, 0.6) is 0 Å². The van der Waals surface area contributed by atoms with Gasteiger partial charge in [0.1, 0.15) is 5.82 Å². The fourth-order valence-corrected chi connectivity index (χ4v) is 3.88. The number of carbonyl (C=O) groups excluding carboxylic acids is 2. The molecule has 6 heteroatoms. The molecule has 0 aliphatic carbocycles. The summed E-state index contributed by atoms with van der Waals surface area (Å²) in [5.74, 6) is 0.216. The lowest BCUT2D eigenvalue weighted by molar-refractivity contribution is 0.0656. The summed E-state index contributed by atoms with van der Waals surface area (Å²) in [6.07, 6.45) is 0.538. The molecule has 0 atom stereocenters. The van der Waals surface area contributed by atoms with Crippen LogP contribution in [0.3, 0.4) is 0 Å². The molecule has 5 nitrogen and oxygen atoms in total. The number of aromatic amines is 1. The largest absolute Gasteiger partial charge is 0.338 e. The highest BCUT2D eigenvalue weighted by Gasteiger charge is 2.34. The van der Waals surface area contributed by atoms with Gasteiger partial charge in [-0.15, -0.1) is 0 Å². The number of H-pyrrole nitrogens is 1. The van der Waals surface area contributed by atoms with Gasteiger partial charge in [0, 0.05) is 12.1 Å². The molecule has 0 saturated carbocycles. The molecule has 2 heterocycles. The summed E-state index contributed by atoms with van der Waals surface area (Å²) in [6, 6.07) is 20.4. The average Bonchev–Trinajstić information content (AvgIpc) is 3.27. The van der Waals surface area contributed by atoms with E-state index in [0.717, 1.165) is 22.2 Å². The fourth-order valence-electron chi connectivity index (χ4n) is 3.67. The van der Waals surface area contributed by atoms with Crippen LogP contribution in [-0.2, 0) is 6.42 Å². The van der Waals surface area contributed by atoms with E-state index in [9.17, 15) is 9.59 Å². The highest BCUT2D eigenvalue weighted by Crippen LogP contribution is 2.29. The number of halogens is 1. The van der Waals surface area contributed by atoms with E-state index in [-0.39, 0.29) is 11.8 Å². The van der Waals surface area contributed by atoms with Gasteiger partial charge in [0.2, 0.25) is 0 Å². The highest BCUT2D eigenvalue weighted by atomic mass is 35.5. The number of benzene rings is 3. The molecule has 0 spiro atoms. The summed E-state index contributed by atoms with van der Waals surface area (Å²) in [6.45, 7) is 0.313. The van der Waals surface area contributed by atoms with Gasteiger partial charge in [-0.25, -0.2) is 4.98 Å². The Balaban J connectivity index is 1.40. The molecule has 1 N–H and O–H groups in total. The Bertz CT molecular complexity index is 1210. The van der Waals surface area contributed by atoms with Crippen LogP contribution >= 0.6 is 11.6 Å². The minimum atomic E-state index is -0.239. The molecule has 1 aliphatic rings. The molecule has 4 aromatic rings. The summed E-state index contributed by atoms with van der Waals surface area (Å²) in [5.41, 5.74) is 4.52. The molecule has 0 radical (unpaired) electrons. The number of amides is 2. The van der Waals surface area contributed by atoms with Crippen molar-refractivity contribution in [3.8, 4) is 11.4 Å². The van der Waals surface area contributed by atoms with E-state index in [0.29, 0.717) is 34.9 Å². The Morgan fingerprint density at radius 2 is 1.55 bits per heavy atom. The number of nitrogens with one attached hydrogen (secondary N) is 1. The third-order valence-corrected chi connectivity index (χ3v) is 5.51. The fraction of sp³-hybridized carbons (Fsp3) is 0.0870. The first-order valence-electron chi connectivity index (χ1n) is 9.30. The van der Waals surface area contributed by atoms with E-state index < -0.39 is 0 Å². The minimum Gasteiger partial charge on any atom is -0.338 e. The predicted molar refractivity (Wildman–Crippen MR) is 112 cm³/mol. The summed E-state index contributed by atoms with van der Waals surface area (Å²) < 4.78 is 0. The maximum absolute atomic E-state index is 12.5. The molecule has 0 bridgehead atoms. The standard InChI is InChI=1S/C23H16ClN3O2/c24-18-10-9-14(13-17(18)21-25-19-7-3-4-8-20(19)26-21)11-12-27-22(28)15-5-1-2-6-16(15)23(27)29/h1-10,13H,11-12H2,(H,25,26). The normalized spacial score (nSPS) is 13.3. The lowest BCUT2D eigenvalue weighted by Crippen LogP contribution is -2.31. The molecular formula is C23H16ClN3O2. The number of fused-ring (bicyclic) bond motifs is 2. The molecule has 142 valence electrons. The van der Waals surface area contributed by atoms with Crippen molar-refractivity contribution in [2.75, 3.05) is 6.54 Å². The monoisotopic (exact) mass is 401 g/mol. The Hall–Kier alpha value is -3.44. The maximum Gasteiger partial charge on any atom is 0.261 e. The first-order chi connectivity index (χ1) is 14.1. The molecule has 0 unspecified atom stereocenters. The number of carbonyl (C=O) groups is 2. The van der Waals surface area contributed by atoms with Gasteiger partial charge in [0.25, 0.3) is 11.8 Å². The van der Waals surface area contributed by atoms with E-state index >= 15 is 0 Å². The molecule has 3 aromatic carbocycles. The number of nitrogens with zero attached hydrogens (tertiary/aromatic N) is 2. The number of imide groups is 1. The average molecular weight is 402 g/mol. The van der Waals surface area contributed by atoms with Gasteiger partial charge in [-0.1, -0.05) is 41.9 Å². The first-order valence-corrected chi connectivity index (χ1v) is 9.68. The first kappa shape index (κ1) is 17.6. The molecule has 1 aliphatic heterocycles. The van der Waals surface area contributed by atoms with Gasteiger partial charge in [0.15, 0.2) is 0 Å². The van der Waals surface area contributed by atoms with E-state index in [4.69, 9.17) is 11.6 Å². The summed E-state index contributed by atoms with van der Waals surface area (Å²) >= 11 is 6.41. The Kier molecular flexibility index (Phi) is 4.18. The molecule has 1 aromatic heterocycles. The van der Waals surface area contributed by atoms with Crippen LogP contribution in [-0.4, -0.2) is 33.2 Å². The number of aromatic nitrogens is 2. The van der Waals surface area contributed by atoms with E-state index in [1.165, 1.54) is 4.90 Å². The summed E-state index contributed by atoms with van der Waals surface area (Å²) in [5, 5.41) is 0.591. The number of para-hydroxylation sites is 2. The topological polar surface area (TPSA) is 66.1 Å². The zero-order valence-corrected chi connectivity index (χ0v) is 16.1. The van der Waals surface area contributed by atoms with Crippen LogP contribution in [0.2, 0.25) is 5.02 Å². The third kappa shape index (κ3) is 3.00. The second kappa shape index (κ2) is 6.87. The van der Waals surface area contributed by atoms with Crippen molar-refractivity contribution in [2.24, 2.45) is 0 Å². The van der Waals surface area contributed by atoms with Crippen molar-refractivity contribution in [3.63, 3.8) is 0 Å². The van der Waals surface area contributed by atoms with Gasteiger partial charge in [-0.3, -0.25) is 14.5 Å². The maximum atomic E-state index is 12.5. The van der Waals surface area contributed by atoms with Crippen LogP contribution < -0.4 is 0 Å². The van der Waals surface area contributed by atoms with Crippen molar-refractivity contribution in [1.29, 1.82) is 0 Å². The second-order valence-corrected chi connectivity index (χ2v) is 7.38. The van der Waals surface area contributed by atoms with Crippen LogP contribution in [0.15, 0.2) is 66.7 Å². The SMILES string of the molecule is O=C1c2ccccc2C(=O)N1CCc1ccc(Cl)c(-c2nc3ccccc3[nH]2)c1. The van der Waals surface area contributed by atoms with Gasteiger partial charge in [-0.2, -0.15) is 0 Å². The van der Waals surface area contributed by atoms with Crippen LogP contribution in [0.4, 0.5) is 0 Å². The van der Waals surface area contributed by atoms with Crippen LogP contribution in [0.1, 0.15) is 26.3 Å². The molecule has 2 amide bonds. The minimum absolute atomic E-state index is 0.239. The van der Waals surface area contributed by atoms with Crippen LogP contribution in [0.25, 0.3) is 22.4 Å². The second-order valence-electron chi connectivity index (χ2n) is 6.97. The number of hydrogen-bond acceptors (Lipinski definition) is 3. The Morgan fingerprint density at radius 1 is 0.862 bits per heavy atom. The number of rotatable bonds is 4. The van der Waals surface area contributed by atoms with Gasteiger partial charge >= 0.3 is 0 Å². The van der Waals surface area contributed by atoms with E-state index in [1.54, 1.807) is 24.3 Å². The van der Waals surface area contributed by atoms with Gasteiger partial charge in [0.05, 0.1) is 27.2 Å². The summed E-state index contributed by atoms with van der Waals surface area (Å²) in [7, 11) is 0. The van der Waals surface area contributed by atoms with Gasteiger partial charge in [-0.05, 0) is 48.4 Å². The van der Waals surface area contributed by atoms with Crippen molar-refractivity contribution < 1.29 is 9.59 Å². The lowest BCUT2D eigenvalue weighted by atomic mass is 10.1. The third-order valence-electron chi connectivity index (χ3n) is 5.18. The quantitative estimate of drug-likeness (QED) is 0.503. The van der Waals surface area contributed by atoms with Crippen molar-refractivity contribution in [1.82, 2.24) is 14.9 Å². The predicted octanol–water partition coefficient (Wildman–Crippen LogP) is 4.72. The lowest BCUT2D eigenvalue weighted by Gasteiger charge is -2.14. The molecule has 0 fully saturated rings. The zero-order valence-electron chi connectivity index (χ0n) is 15.4. The van der Waals surface area contributed by atoms with Crippen molar-refractivity contribution in [2.45, 2.75) is 6.42 Å². The number of hydrogen-bond donors (Lipinski definition) is 1. The Labute approximate surface area is 171 Å². The Morgan fingerprint density at radius 3 is 2.28 bits per heavy atom. The zero-order chi connectivity index (χ0) is 20.0. The highest BCUT2D eigenvalue weighted by molar-refractivity contribution is 6.33. The van der Waals surface area contributed by atoms with Crippen molar-refractivity contribution in [3.05, 3.63) is 88.4 Å². The molecular weight excluding hydrogens is 386 g/mol. The summed E-state index contributed by atoms with van der Waals surface area (Å²) in [4.78, 5) is 34.3.